The van der Waals surface area contributed by atoms with Crippen molar-refractivity contribution < 1.29 is 13.2 Å². The molecular formula is C13H14ClNO3S2. The topological polar surface area (TPSA) is 55.4 Å². The van der Waals surface area contributed by atoms with E-state index in [1.165, 1.54) is 11.3 Å². The molecule has 1 aromatic carbocycles. The SMILES string of the molecule is COc1ccc(Cl)cc1CCNS(=O)(=O)c1cccs1. The lowest BCUT2D eigenvalue weighted by Crippen LogP contribution is -2.25. The Bertz CT molecular complexity index is 669. The van der Waals surface area contributed by atoms with Crippen molar-refractivity contribution in [1.82, 2.24) is 4.72 Å². The van der Waals surface area contributed by atoms with Gasteiger partial charge in [0.15, 0.2) is 0 Å². The highest BCUT2D eigenvalue weighted by Gasteiger charge is 2.14. The summed E-state index contributed by atoms with van der Waals surface area (Å²) in [5.74, 6) is 0.699. The Labute approximate surface area is 127 Å². The summed E-state index contributed by atoms with van der Waals surface area (Å²) in [5.41, 5.74) is 0.869. The maximum absolute atomic E-state index is 11.9. The fourth-order valence-electron chi connectivity index (χ4n) is 1.75. The number of sulfonamides is 1. The largest absolute Gasteiger partial charge is 0.496 e. The molecule has 1 aromatic heterocycles. The second-order valence-electron chi connectivity index (χ2n) is 4.04. The molecule has 0 spiro atoms. The average molecular weight is 332 g/mol. The lowest BCUT2D eigenvalue weighted by Gasteiger charge is -2.09. The fourth-order valence-corrected chi connectivity index (χ4v) is 4.01. The van der Waals surface area contributed by atoms with E-state index in [1.807, 2.05) is 0 Å². The van der Waals surface area contributed by atoms with Crippen molar-refractivity contribution in [2.45, 2.75) is 10.6 Å². The van der Waals surface area contributed by atoms with Crippen LogP contribution in [0.5, 0.6) is 5.75 Å². The molecule has 2 aromatic rings. The van der Waals surface area contributed by atoms with Crippen LogP contribution in [0, 0.1) is 0 Å². The van der Waals surface area contributed by atoms with Gasteiger partial charge in [-0.1, -0.05) is 17.7 Å². The number of rotatable bonds is 6. The van der Waals surface area contributed by atoms with Crippen molar-refractivity contribution in [3.05, 3.63) is 46.3 Å². The molecule has 0 amide bonds. The molecule has 0 fully saturated rings. The minimum atomic E-state index is -3.42. The summed E-state index contributed by atoms with van der Waals surface area (Å²) in [4.78, 5) is 0. The molecule has 7 heteroatoms. The van der Waals surface area contributed by atoms with Gasteiger partial charge in [0.05, 0.1) is 7.11 Å². The Kier molecular flexibility index (Phi) is 5.04. The Morgan fingerprint density at radius 1 is 1.35 bits per heavy atom. The van der Waals surface area contributed by atoms with Gasteiger partial charge in [-0.15, -0.1) is 11.3 Å². The van der Waals surface area contributed by atoms with Gasteiger partial charge >= 0.3 is 0 Å². The quantitative estimate of drug-likeness (QED) is 0.885. The molecule has 0 unspecified atom stereocenters. The Morgan fingerprint density at radius 2 is 2.15 bits per heavy atom. The smallest absolute Gasteiger partial charge is 0.250 e. The van der Waals surface area contributed by atoms with Gasteiger partial charge < -0.3 is 4.74 Å². The minimum Gasteiger partial charge on any atom is -0.496 e. The Balaban J connectivity index is 2.02. The van der Waals surface area contributed by atoms with Crippen LogP contribution in [0.4, 0.5) is 0 Å². The van der Waals surface area contributed by atoms with Crippen LogP contribution in [-0.2, 0) is 16.4 Å². The number of ether oxygens (including phenoxy) is 1. The number of hydrogen-bond donors (Lipinski definition) is 1. The van der Waals surface area contributed by atoms with Gasteiger partial charge in [-0.25, -0.2) is 13.1 Å². The van der Waals surface area contributed by atoms with E-state index in [9.17, 15) is 8.42 Å². The number of hydrogen-bond acceptors (Lipinski definition) is 4. The standard InChI is InChI=1S/C13H14ClNO3S2/c1-18-12-5-4-11(14)9-10(12)6-7-15-20(16,17)13-3-2-8-19-13/h2-5,8-9,15H,6-7H2,1H3. The number of methoxy groups -OCH3 is 1. The molecule has 108 valence electrons. The van der Waals surface area contributed by atoms with E-state index in [2.05, 4.69) is 4.72 Å². The molecule has 0 saturated carbocycles. The predicted octanol–water partition coefficient (Wildman–Crippen LogP) is 2.93. The zero-order valence-electron chi connectivity index (χ0n) is 10.8. The van der Waals surface area contributed by atoms with Gasteiger partial charge in [-0.3, -0.25) is 0 Å². The van der Waals surface area contributed by atoms with Crippen LogP contribution in [0.3, 0.4) is 0 Å². The second kappa shape index (κ2) is 6.58. The number of thiophene rings is 1. The van der Waals surface area contributed by atoms with Gasteiger partial charge in [-0.05, 0) is 41.6 Å². The van der Waals surface area contributed by atoms with E-state index in [1.54, 1.807) is 42.8 Å². The van der Waals surface area contributed by atoms with Crippen molar-refractivity contribution in [3.63, 3.8) is 0 Å². The van der Waals surface area contributed by atoms with Gasteiger partial charge in [0.2, 0.25) is 10.0 Å². The van der Waals surface area contributed by atoms with Crippen molar-refractivity contribution >= 4 is 33.0 Å². The van der Waals surface area contributed by atoms with E-state index in [4.69, 9.17) is 16.3 Å². The first-order valence-corrected chi connectivity index (χ1v) is 8.62. The molecule has 0 aliphatic heterocycles. The van der Waals surface area contributed by atoms with Crippen LogP contribution in [0.25, 0.3) is 0 Å². The molecule has 1 N–H and O–H groups in total. The van der Waals surface area contributed by atoms with E-state index >= 15 is 0 Å². The monoisotopic (exact) mass is 331 g/mol. The minimum absolute atomic E-state index is 0.289. The van der Waals surface area contributed by atoms with E-state index in [0.717, 1.165) is 5.56 Å². The normalized spacial score (nSPS) is 11.5. The molecule has 4 nitrogen and oxygen atoms in total. The predicted molar refractivity (Wildman–Crippen MR) is 81.2 cm³/mol. The number of halogens is 1. The maximum Gasteiger partial charge on any atom is 0.250 e. The molecule has 20 heavy (non-hydrogen) atoms. The highest BCUT2D eigenvalue weighted by molar-refractivity contribution is 7.91. The highest BCUT2D eigenvalue weighted by Crippen LogP contribution is 2.23. The van der Waals surface area contributed by atoms with Gasteiger partial charge in [0, 0.05) is 11.6 Å². The third-order valence-corrected chi connectivity index (χ3v) is 5.78. The van der Waals surface area contributed by atoms with Crippen LogP contribution in [0.2, 0.25) is 5.02 Å². The number of benzene rings is 1. The van der Waals surface area contributed by atoms with Crippen LogP contribution in [0.1, 0.15) is 5.56 Å². The summed E-state index contributed by atoms with van der Waals surface area (Å²) in [7, 11) is -1.85. The third kappa shape index (κ3) is 3.73. The lowest BCUT2D eigenvalue weighted by molar-refractivity contribution is 0.409. The summed E-state index contributed by atoms with van der Waals surface area (Å²) in [6, 6.07) is 8.57. The van der Waals surface area contributed by atoms with Crippen LogP contribution >= 0.6 is 22.9 Å². The van der Waals surface area contributed by atoms with E-state index in [-0.39, 0.29) is 6.54 Å². The van der Waals surface area contributed by atoms with E-state index < -0.39 is 10.0 Å². The van der Waals surface area contributed by atoms with Crippen molar-refractivity contribution in [1.29, 1.82) is 0 Å². The summed E-state index contributed by atoms with van der Waals surface area (Å²) in [6.45, 7) is 0.289. The first-order chi connectivity index (χ1) is 9.53. The summed E-state index contributed by atoms with van der Waals surface area (Å²) >= 11 is 7.12. The van der Waals surface area contributed by atoms with Gasteiger partial charge in [-0.2, -0.15) is 0 Å². The third-order valence-electron chi connectivity index (χ3n) is 2.69. The maximum atomic E-state index is 11.9. The summed E-state index contributed by atoms with van der Waals surface area (Å²) in [6.07, 6.45) is 0.508. The Hall–Kier alpha value is -1.08. The molecule has 2 rings (SSSR count). The summed E-state index contributed by atoms with van der Waals surface area (Å²) in [5, 5.41) is 2.33. The molecule has 1 heterocycles. The zero-order valence-corrected chi connectivity index (χ0v) is 13.2. The van der Waals surface area contributed by atoms with Crippen LogP contribution in [-0.4, -0.2) is 22.1 Å². The van der Waals surface area contributed by atoms with Crippen LogP contribution in [0.15, 0.2) is 39.9 Å². The molecule has 0 aliphatic carbocycles. The molecule has 0 radical (unpaired) electrons. The average Bonchev–Trinajstić information content (AvgIpc) is 2.93. The van der Waals surface area contributed by atoms with Gasteiger partial charge in [0.1, 0.15) is 9.96 Å². The van der Waals surface area contributed by atoms with Crippen molar-refractivity contribution in [2.75, 3.05) is 13.7 Å². The molecule has 0 saturated heterocycles. The molecule has 0 atom stereocenters. The molecule has 0 aliphatic rings. The Morgan fingerprint density at radius 3 is 2.80 bits per heavy atom. The first kappa shape index (κ1) is 15.3. The first-order valence-electron chi connectivity index (χ1n) is 5.88. The second-order valence-corrected chi connectivity index (χ2v) is 7.41. The fraction of sp³-hybridized carbons (Fsp3) is 0.231. The highest BCUT2D eigenvalue weighted by atomic mass is 35.5. The lowest BCUT2D eigenvalue weighted by atomic mass is 10.1. The number of nitrogens with one attached hydrogen (secondary N) is 1. The van der Waals surface area contributed by atoms with Crippen LogP contribution < -0.4 is 9.46 Å². The molecule has 0 bridgehead atoms. The van der Waals surface area contributed by atoms with Crippen molar-refractivity contribution in [3.8, 4) is 5.75 Å². The zero-order chi connectivity index (χ0) is 14.6. The van der Waals surface area contributed by atoms with Gasteiger partial charge in [0.25, 0.3) is 0 Å². The van der Waals surface area contributed by atoms with Crippen molar-refractivity contribution in [2.24, 2.45) is 0 Å². The molecular weight excluding hydrogens is 318 g/mol. The van der Waals surface area contributed by atoms with E-state index in [0.29, 0.717) is 21.4 Å². The summed E-state index contributed by atoms with van der Waals surface area (Å²) < 4.78 is 32.0.